The van der Waals surface area contributed by atoms with E-state index in [9.17, 15) is 0 Å². The Labute approximate surface area is 416 Å². The van der Waals surface area contributed by atoms with Gasteiger partial charge in [-0.1, -0.05) is 146 Å². The Bertz CT molecular complexity index is 4680. The predicted octanol–water partition coefficient (Wildman–Crippen LogP) is 10.1. The van der Waals surface area contributed by atoms with Crippen LogP contribution in [0.2, 0.25) is 0 Å². The Hall–Kier alpha value is -9.91. The summed E-state index contributed by atoms with van der Waals surface area (Å²) in [5.74, 6) is 3.75. The quantitative estimate of drug-likeness (QED) is 0.117. The third-order valence-corrected chi connectivity index (χ3v) is 19.2. The van der Waals surface area contributed by atoms with Gasteiger partial charge in [0, 0.05) is 11.8 Å². The number of hydrogen-bond acceptors (Lipinski definition) is 5. The van der Waals surface area contributed by atoms with Crippen molar-refractivity contribution in [2.24, 2.45) is 0 Å². The first-order valence-corrected chi connectivity index (χ1v) is 26.4. The van der Waals surface area contributed by atoms with Crippen molar-refractivity contribution in [3.05, 3.63) is 237 Å². The minimum atomic E-state index is -3.58. The third-order valence-electron chi connectivity index (χ3n) is 14.8. The first-order chi connectivity index (χ1) is 36.2. The molecule has 0 aliphatic rings. The Morgan fingerprint density at radius 2 is 0.603 bits per heavy atom. The van der Waals surface area contributed by atoms with Gasteiger partial charge in [-0.05, 0) is 100 Å². The molecule has 7 aromatic heterocycles. The van der Waals surface area contributed by atoms with Crippen molar-refractivity contribution < 1.29 is 0 Å². The van der Waals surface area contributed by atoms with E-state index >= 15 is 0 Å². The fourth-order valence-electron chi connectivity index (χ4n) is 11.7. The number of nitrogens with zero attached hydrogens (tertiary/aromatic N) is 11. The van der Waals surface area contributed by atoms with Crippen molar-refractivity contribution in [2.75, 3.05) is 0 Å². The smallest absolute Gasteiger partial charge is 0.226 e. The van der Waals surface area contributed by atoms with Gasteiger partial charge in [0.2, 0.25) is 25.4 Å². The van der Waals surface area contributed by atoms with Crippen LogP contribution in [0.15, 0.2) is 237 Å². The summed E-state index contributed by atoms with van der Waals surface area (Å²) in [4.78, 5) is 28.0. The zero-order chi connectivity index (χ0) is 47.8. The van der Waals surface area contributed by atoms with Gasteiger partial charge >= 0.3 is 0 Å². The number of para-hydroxylation sites is 12. The van der Waals surface area contributed by atoms with Gasteiger partial charge in [0.1, 0.15) is 17.1 Å². The van der Waals surface area contributed by atoms with Crippen molar-refractivity contribution in [3.8, 4) is 17.3 Å². The molecule has 12 heteroatoms. The van der Waals surface area contributed by atoms with E-state index in [0.29, 0.717) is 17.1 Å². The first-order valence-electron chi connectivity index (χ1n) is 24.4. The largest absolute Gasteiger partial charge is 0.278 e. The van der Waals surface area contributed by atoms with Gasteiger partial charge in [-0.25, -0.2) is 24.9 Å². The molecule has 0 aliphatic heterocycles. The van der Waals surface area contributed by atoms with Crippen LogP contribution in [0.3, 0.4) is 0 Å². The van der Waals surface area contributed by atoms with Crippen LogP contribution in [-0.4, -0.2) is 59.9 Å². The summed E-state index contributed by atoms with van der Waals surface area (Å²) in [6.07, 6.45) is 0. The number of benzene rings is 9. The molecule has 11 nitrogen and oxygen atoms in total. The van der Waals surface area contributed by atoms with Crippen LogP contribution in [-0.2, 0) is 0 Å². The highest BCUT2D eigenvalue weighted by molar-refractivity contribution is 7.19. The van der Waals surface area contributed by atoms with Crippen LogP contribution in [0.25, 0.3) is 101 Å². The molecule has 16 rings (SSSR count). The normalized spacial score (nSPS) is 12.4. The second kappa shape index (κ2) is 15.0. The molecule has 0 bridgehead atoms. The zero-order valence-corrected chi connectivity index (χ0v) is 39.9. The number of rotatable bonds is 7. The summed E-state index contributed by atoms with van der Waals surface area (Å²) in [6, 6.07) is 83.6. The molecule has 0 saturated heterocycles. The monoisotopic (exact) mass is 953 g/mol. The van der Waals surface area contributed by atoms with E-state index in [2.05, 4.69) is 251 Å². The van der Waals surface area contributed by atoms with Gasteiger partial charge < -0.3 is 0 Å². The minimum Gasteiger partial charge on any atom is -0.278 e. The Morgan fingerprint density at radius 3 is 1.04 bits per heavy atom. The highest BCUT2D eigenvalue weighted by Crippen LogP contribution is 2.33. The van der Waals surface area contributed by atoms with Crippen molar-refractivity contribution in [1.29, 1.82) is 0 Å². The lowest BCUT2D eigenvalue weighted by atomic mass is 10.2. The van der Waals surface area contributed by atoms with Crippen molar-refractivity contribution in [1.82, 2.24) is 51.8 Å². The number of aromatic nitrogens is 11. The lowest BCUT2D eigenvalue weighted by Gasteiger charge is -2.33. The maximum atomic E-state index is 5.98. The van der Waals surface area contributed by atoms with Crippen LogP contribution in [0, 0.1) is 0 Å². The van der Waals surface area contributed by atoms with E-state index in [4.69, 9.17) is 24.9 Å². The summed E-state index contributed by atoms with van der Waals surface area (Å²) in [5, 5.41) is 3.39. The molecule has 16 aromatic rings. The summed E-state index contributed by atoms with van der Waals surface area (Å²) < 4.78 is 13.5. The lowest BCUT2D eigenvalue weighted by Crippen LogP contribution is -2.76. The van der Waals surface area contributed by atoms with Gasteiger partial charge in [0.05, 0.1) is 66.2 Å². The molecule has 0 aliphatic carbocycles. The molecule has 0 atom stereocenters. The first kappa shape index (κ1) is 39.9. The molecular weight excluding hydrogens is 915 g/mol. The summed E-state index contributed by atoms with van der Waals surface area (Å²) in [5.41, 5.74) is 13.7. The van der Waals surface area contributed by atoms with Gasteiger partial charge in [-0.15, -0.1) is 0 Å². The molecule has 0 spiro atoms. The van der Waals surface area contributed by atoms with E-state index in [1.54, 1.807) is 0 Å². The number of fused-ring (bicyclic) bond motifs is 15. The van der Waals surface area contributed by atoms with E-state index < -0.39 is 8.07 Å². The Kier molecular flexibility index (Phi) is 8.22. The number of hydrogen-bond donors (Lipinski definition) is 0. The molecule has 0 amide bonds. The average Bonchev–Trinajstić information content (AvgIpc) is 4.30. The van der Waals surface area contributed by atoms with Gasteiger partial charge in [0.15, 0.2) is 0 Å². The van der Waals surface area contributed by atoms with E-state index in [1.807, 2.05) is 12.1 Å². The highest BCUT2D eigenvalue weighted by Gasteiger charge is 2.46. The average molecular weight is 954 g/mol. The summed E-state index contributed by atoms with van der Waals surface area (Å²) in [7, 11) is -3.58. The minimum absolute atomic E-state index is 0.690. The van der Waals surface area contributed by atoms with E-state index in [-0.39, 0.29) is 0 Å². The molecule has 0 radical (unpaired) electrons. The fourth-order valence-corrected chi connectivity index (χ4v) is 16.2. The standard InChI is InChI=1S/C61H39N11Si/c1-3-21-41(22-4-1)73(42-23-5-2-6-24-42,43-25-19-20-40(38-43)67-50-32-13-14-33-51(50)68-47-29-10-7-26-44(47)62-59(67)68)58-65-56(71-54-36-17-15-34-52(54)69-48-30-11-8-27-45(48)63-60(69)71)39-57(66-58)72-55-37-18-16-35-53(55)70-49-31-12-9-28-46(49)64-61(70)72/h1-39H. The van der Waals surface area contributed by atoms with Gasteiger partial charge in [-0.3, -0.25) is 26.9 Å². The zero-order valence-electron chi connectivity index (χ0n) is 38.9. The SMILES string of the molecule is c1ccc([Si](c2ccccc2)(c2cccc(-n3c4ccccc4n4c5ccccc5nc34)c2)c2nc(-n3c4ccccc4n4c5ccccc5nc34)cc(-n3c4ccccc4n4c5ccccc5nc34)n2)cc1. The van der Waals surface area contributed by atoms with Crippen molar-refractivity contribution >= 4 is 113 Å². The molecular formula is C61H39N11Si. The summed E-state index contributed by atoms with van der Waals surface area (Å²) in [6.45, 7) is 0. The molecule has 0 unspecified atom stereocenters. The molecule has 342 valence electrons. The number of imidazole rings is 6. The lowest BCUT2D eigenvalue weighted by molar-refractivity contribution is 0.982. The predicted molar refractivity (Wildman–Crippen MR) is 295 cm³/mol. The van der Waals surface area contributed by atoms with Crippen molar-refractivity contribution in [2.45, 2.75) is 0 Å². The molecule has 73 heavy (non-hydrogen) atoms. The van der Waals surface area contributed by atoms with Crippen molar-refractivity contribution in [3.63, 3.8) is 0 Å². The molecule has 9 aromatic carbocycles. The van der Waals surface area contributed by atoms with E-state index in [1.165, 1.54) is 0 Å². The Balaban J connectivity index is 1.07. The molecule has 0 saturated carbocycles. The van der Waals surface area contributed by atoms with Gasteiger partial charge in [-0.2, -0.15) is 0 Å². The topological polar surface area (TPSA) is 92.5 Å². The van der Waals surface area contributed by atoms with Crippen LogP contribution >= 0.6 is 0 Å². The second-order valence-electron chi connectivity index (χ2n) is 18.6. The molecule has 0 fully saturated rings. The maximum Gasteiger partial charge on any atom is 0.226 e. The summed E-state index contributed by atoms with van der Waals surface area (Å²) >= 11 is 0. The second-order valence-corrected chi connectivity index (χ2v) is 22.3. The van der Waals surface area contributed by atoms with E-state index in [0.717, 1.165) is 105 Å². The third kappa shape index (κ3) is 5.49. The van der Waals surface area contributed by atoms with Gasteiger partial charge in [0.25, 0.3) is 0 Å². The Morgan fingerprint density at radius 1 is 0.260 bits per heavy atom. The van der Waals surface area contributed by atoms with Crippen LogP contribution in [0.4, 0.5) is 0 Å². The maximum absolute atomic E-state index is 5.98. The highest BCUT2D eigenvalue weighted by atomic mass is 28.3. The fraction of sp³-hybridized carbons (Fsp3) is 0. The molecule has 0 N–H and O–H groups in total. The van der Waals surface area contributed by atoms with Crippen LogP contribution < -0.4 is 21.0 Å². The molecule has 7 heterocycles. The van der Waals surface area contributed by atoms with Crippen LogP contribution in [0.1, 0.15) is 0 Å². The van der Waals surface area contributed by atoms with Crippen LogP contribution in [0.5, 0.6) is 0 Å².